The predicted octanol–water partition coefficient (Wildman–Crippen LogP) is 16.6. The number of rotatable bonds is 3. The van der Waals surface area contributed by atoms with Crippen molar-refractivity contribution in [2.75, 3.05) is 0 Å². The quantitative estimate of drug-likeness (QED) is 0.158. The number of halogens is 3. The fraction of sp³-hybridized carbons (Fsp3) is 0.327. The maximum absolute atomic E-state index is 14.4. The molecule has 8 rings (SSSR count). The van der Waals surface area contributed by atoms with E-state index < -0.39 is 11.7 Å². The molecule has 0 N–H and O–H groups in total. The fourth-order valence-corrected chi connectivity index (χ4v) is 8.78. The summed E-state index contributed by atoms with van der Waals surface area (Å²) in [5.74, 6) is 0. The molecule has 8 aromatic rings. The molecule has 312 valence electrons. The molecule has 0 saturated carbocycles. The molecule has 0 unspecified atom stereocenters. The molecule has 0 aliphatic rings. The van der Waals surface area contributed by atoms with Crippen LogP contribution in [0.1, 0.15) is 116 Å². The number of fused-ring (bicyclic) bond motifs is 6. The Morgan fingerprint density at radius 2 is 0.770 bits per heavy atom. The Labute approximate surface area is 358 Å². The highest BCUT2D eigenvalue weighted by molar-refractivity contribution is 6.12. The van der Waals surface area contributed by atoms with Gasteiger partial charge in [0.25, 0.3) is 0 Å². The Kier molecular flexibility index (Phi) is 9.52. The van der Waals surface area contributed by atoms with Crippen molar-refractivity contribution in [1.82, 2.24) is 9.13 Å². The molecular formula is C55H56F3N3. The molecule has 61 heavy (non-hydrogen) atoms. The molecule has 0 saturated heterocycles. The van der Waals surface area contributed by atoms with Gasteiger partial charge in [-0.25, -0.2) is 4.85 Å². The van der Waals surface area contributed by atoms with E-state index >= 15 is 0 Å². The van der Waals surface area contributed by atoms with Crippen molar-refractivity contribution < 1.29 is 13.2 Å². The van der Waals surface area contributed by atoms with Crippen LogP contribution in [-0.2, 0) is 27.8 Å². The van der Waals surface area contributed by atoms with Crippen LogP contribution in [0.15, 0.2) is 103 Å². The summed E-state index contributed by atoms with van der Waals surface area (Å²) in [6.45, 7) is 36.9. The summed E-state index contributed by atoms with van der Waals surface area (Å²) in [7, 11) is 0. The molecule has 6 heteroatoms. The van der Waals surface area contributed by atoms with Gasteiger partial charge in [-0.2, -0.15) is 13.2 Å². The number of nitrogens with zero attached hydrogens (tertiary/aromatic N) is 3. The lowest BCUT2D eigenvalue weighted by Crippen LogP contribution is -2.11. The molecule has 0 amide bonds. The SMILES string of the molecule is [C-]#[N+]c1cc(-n2c3ccc(C(C)(C)C)cc3c3cc(C(C)(C)C)ccc32)c(-n2c3ccc(C(C)(C)C)cc3c3cc(C(C)(C)C)ccc32)cc1-c1cc(C)cc(C(F)(F)F)c1. The second-order valence-electron chi connectivity index (χ2n) is 21.2. The summed E-state index contributed by atoms with van der Waals surface area (Å²) in [6.07, 6.45) is -4.55. The molecule has 0 bridgehead atoms. The second-order valence-corrected chi connectivity index (χ2v) is 21.2. The molecule has 0 radical (unpaired) electrons. The van der Waals surface area contributed by atoms with Gasteiger partial charge in [-0.3, -0.25) is 0 Å². The summed E-state index contributed by atoms with van der Waals surface area (Å²) in [5.41, 5.74) is 10.7. The van der Waals surface area contributed by atoms with E-state index in [0.717, 1.165) is 55.0 Å². The molecule has 2 heterocycles. The number of aryl methyl sites for hydroxylation is 1. The lowest BCUT2D eigenvalue weighted by Gasteiger charge is -2.22. The first-order valence-electron chi connectivity index (χ1n) is 21.2. The highest BCUT2D eigenvalue weighted by Crippen LogP contribution is 2.46. The van der Waals surface area contributed by atoms with Crippen LogP contribution in [0.5, 0.6) is 0 Å². The average Bonchev–Trinajstić information content (AvgIpc) is 3.66. The first-order chi connectivity index (χ1) is 28.3. The number of benzene rings is 6. The van der Waals surface area contributed by atoms with Gasteiger partial charge in [0.15, 0.2) is 5.69 Å². The standard InChI is InChI=1S/C55H56F3N3/c1-32-23-33(25-38(24-32)55(56,57)58)39-30-49(60-45-19-15-34(51(2,3)4)26-40(45)41-27-35(52(5,6)7)16-20-46(41)60)50(31-44(39)59-14)61-47-21-17-36(53(8,9)10)28-42(47)43-29-37(54(11,12)13)18-22-48(43)61/h15-31H,1-13H3. The first kappa shape index (κ1) is 41.9. The van der Waals surface area contributed by atoms with Crippen molar-refractivity contribution in [2.45, 2.75) is 118 Å². The van der Waals surface area contributed by atoms with Gasteiger partial charge in [0.1, 0.15) is 0 Å². The number of hydrogen-bond acceptors (Lipinski definition) is 0. The van der Waals surface area contributed by atoms with Crippen molar-refractivity contribution in [3.63, 3.8) is 0 Å². The maximum atomic E-state index is 14.4. The minimum Gasteiger partial charge on any atom is -0.308 e. The Bertz CT molecular complexity index is 2970. The largest absolute Gasteiger partial charge is 0.416 e. The van der Waals surface area contributed by atoms with E-state index in [-0.39, 0.29) is 27.3 Å². The minimum absolute atomic E-state index is 0.0990. The van der Waals surface area contributed by atoms with Gasteiger partial charge < -0.3 is 9.13 Å². The molecular weight excluding hydrogens is 760 g/mol. The highest BCUT2D eigenvalue weighted by atomic mass is 19.4. The lowest BCUT2D eigenvalue weighted by molar-refractivity contribution is -0.137. The normalized spacial score (nSPS) is 13.2. The average molecular weight is 816 g/mol. The third-order valence-electron chi connectivity index (χ3n) is 12.4. The van der Waals surface area contributed by atoms with Crippen LogP contribution < -0.4 is 0 Å². The van der Waals surface area contributed by atoms with E-state index in [4.69, 9.17) is 6.57 Å². The van der Waals surface area contributed by atoms with Crippen molar-refractivity contribution in [3.8, 4) is 22.5 Å². The molecule has 0 atom stereocenters. The van der Waals surface area contributed by atoms with Crippen LogP contribution in [0.25, 0.3) is 71.0 Å². The van der Waals surface area contributed by atoms with E-state index in [1.165, 1.54) is 34.4 Å². The van der Waals surface area contributed by atoms with Gasteiger partial charge in [-0.05, 0) is 140 Å². The van der Waals surface area contributed by atoms with Crippen LogP contribution in [0.4, 0.5) is 18.9 Å². The molecule has 0 fully saturated rings. The van der Waals surface area contributed by atoms with E-state index in [9.17, 15) is 13.2 Å². The van der Waals surface area contributed by atoms with Gasteiger partial charge in [0.05, 0.1) is 45.6 Å². The van der Waals surface area contributed by atoms with Crippen LogP contribution in [-0.4, -0.2) is 9.13 Å². The Morgan fingerprint density at radius 3 is 1.08 bits per heavy atom. The van der Waals surface area contributed by atoms with E-state index in [2.05, 4.69) is 170 Å². The number of aromatic nitrogens is 2. The zero-order valence-electron chi connectivity index (χ0n) is 37.8. The highest BCUT2D eigenvalue weighted by Gasteiger charge is 2.32. The number of hydrogen-bond donors (Lipinski definition) is 0. The fourth-order valence-electron chi connectivity index (χ4n) is 8.78. The van der Waals surface area contributed by atoms with Crippen molar-refractivity contribution in [3.05, 3.63) is 148 Å². The summed E-state index contributed by atoms with van der Waals surface area (Å²) >= 11 is 0. The van der Waals surface area contributed by atoms with Gasteiger partial charge in [-0.15, -0.1) is 0 Å². The van der Waals surface area contributed by atoms with Crippen LogP contribution in [0, 0.1) is 13.5 Å². The zero-order chi connectivity index (χ0) is 44.4. The van der Waals surface area contributed by atoms with Gasteiger partial charge in [0.2, 0.25) is 0 Å². The molecule has 2 aromatic heterocycles. The van der Waals surface area contributed by atoms with E-state index in [1.807, 2.05) is 12.1 Å². The van der Waals surface area contributed by atoms with E-state index in [1.54, 1.807) is 13.0 Å². The Balaban J connectivity index is 1.59. The zero-order valence-corrected chi connectivity index (χ0v) is 37.8. The Hall–Kier alpha value is -5.80. The molecule has 0 aliphatic heterocycles. The number of alkyl halides is 3. The van der Waals surface area contributed by atoms with Crippen molar-refractivity contribution in [2.24, 2.45) is 0 Å². The summed E-state index contributed by atoms with van der Waals surface area (Å²) < 4.78 is 47.8. The molecule has 6 aromatic carbocycles. The third kappa shape index (κ3) is 7.30. The van der Waals surface area contributed by atoms with Gasteiger partial charge >= 0.3 is 6.18 Å². The van der Waals surface area contributed by atoms with Crippen LogP contribution in [0.2, 0.25) is 0 Å². The smallest absolute Gasteiger partial charge is 0.308 e. The van der Waals surface area contributed by atoms with Crippen LogP contribution in [0.3, 0.4) is 0 Å². The van der Waals surface area contributed by atoms with Gasteiger partial charge in [-0.1, -0.05) is 113 Å². The summed E-state index contributed by atoms with van der Waals surface area (Å²) in [5, 5.41) is 4.40. The second kappa shape index (κ2) is 13.9. The topological polar surface area (TPSA) is 14.2 Å². The third-order valence-corrected chi connectivity index (χ3v) is 12.4. The summed E-state index contributed by atoms with van der Waals surface area (Å²) in [6, 6.07) is 34.7. The minimum atomic E-state index is -4.55. The maximum Gasteiger partial charge on any atom is 0.416 e. The molecule has 0 aliphatic carbocycles. The van der Waals surface area contributed by atoms with Crippen LogP contribution >= 0.6 is 0 Å². The Morgan fingerprint density at radius 1 is 0.426 bits per heavy atom. The summed E-state index contributed by atoms with van der Waals surface area (Å²) in [4.78, 5) is 4.06. The van der Waals surface area contributed by atoms with E-state index in [0.29, 0.717) is 16.7 Å². The monoisotopic (exact) mass is 815 g/mol. The van der Waals surface area contributed by atoms with Crippen molar-refractivity contribution >= 4 is 49.3 Å². The van der Waals surface area contributed by atoms with Crippen molar-refractivity contribution in [1.29, 1.82) is 0 Å². The molecule has 0 spiro atoms. The van der Waals surface area contributed by atoms with Gasteiger partial charge in [0, 0.05) is 21.5 Å². The molecule has 3 nitrogen and oxygen atoms in total. The first-order valence-corrected chi connectivity index (χ1v) is 21.2. The predicted molar refractivity (Wildman–Crippen MR) is 251 cm³/mol. The lowest BCUT2D eigenvalue weighted by atomic mass is 9.85.